The standard InChI is InChI=1S/C13H17ClO3S/c1-3-4-10-7-9(2)12-8-11(18(14,15)16)5-6-13(12)17-10/h5-6,8-10H,3-4,7H2,1-2H3. The molecule has 18 heavy (non-hydrogen) atoms. The first-order chi connectivity index (χ1) is 8.41. The van der Waals surface area contributed by atoms with Crippen LogP contribution in [0.15, 0.2) is 23.1 Å². The summed E-state index contributed by atoms with van der Waals surface area (Å²) in [6.07, 6.45) is 3.27. The number of hydrogen-bond donors (Lipinski definition) is 0. The molecule has 1 aliphatic heterocycles. The van der Waals surface area contributed by atoms with E-state index >= 15 is 0 Å². The number of rotatable bonds is 3. The van der Waals surface area contributed by atoms with E-state index in [0.717, 1.165) is 30.6 Å². The van der Waals surface area contributed by atoms with Gasteiger partial charge < -0.3 is 4.74 Å². The van der Waals surface area contributed by atoms with Crippen molar-refractivity contribution in [2.24, 2.45) is 0 Å². The van der Waals surface area contributed by atoms with E-state index in [1.807, 2.05) is 0 Å². The van der Waals surface area contributed by atoms with Gasteiger partial charge in [0.25, 0.3) is 9.05 Å². The van der Waals surface area contributed by atoms with Crippen molar-refractivity contribution >= 4 is 19.7 Å². The third kappa shape index (κ3) is 2.81. The lowest BCUT2D eigenvalue weighted by molar-refractivity contribution is 0.151. The van der Waals surface area contributed by atoms with Gasteiger partial charge >= 0.3 is 0 Å². The Labute approximate surface area is 113 Å². The van der Waals surface area contributed by atoms with Gasteiger partial charge in [0.15, 0.2) is 0 Å². The molecule has 0 aromatic heterocycles. The summed E-state index contributed by atoms with van der Waals surface area (Å²) in [5, 5.41) is 0. The van der Waals surface area contributed by atoms with Crippen molar-refractivity contribution in [2.45, 2.75) is 50.0 Å². The van der Waals surface area contributed by atoms with E-state index in [4.69, 9.17) is 15.4 Å². The number of ether oxygens (including phenoxy) is 1. The van der Waals surface area contributed by atoms with Crippen LogP contribution in [0.5, 0.6) is 5.75 Å². The van der Waals surface area contributed by atoms with Crippen molar-refractivity contribution in [3.05, 3.63) is 23.8 Å². The maximum Gasteiger partial charge on any atom is 0.261 e. The highest BCUT2D eigenvalue weighted by Crippen LogP contribution is 2.38. The third-order valence-corrected chi connectivity index (χ3v) is 4.67. The second-order valence-corrected chi connectivity index (χ2v) is 7.37. The number of hydrogen-bond acceptors (Lipinski definition) is 3. The average Bonchev–Trinajstić information content (AvgIpc) is 2.27. The fraction of sp³-hybridized carbons (Fsp3) is 0.538. The van der Waals surface area contributed by atoms with Gasteiger partial charge in [-0.25, -0.2) is 8.42 Å². The quantitative estimate of drug-likeness (QED) is 0.797. The van der Waals surface area contributed by atoms with Crippen molar-refractivity contribution in [2.75, 3.05) is 0 Å². The van der Waals surface area contributed by atoms with E-state index in [1.165, 1.54) is 6.07 Å². The second kappa shape index (κ2) is 5.10. The first-order valence-electron chi connectivity index (χ1n) is 6.17. The summed E-state index contributed by atoms with van der Waals surface area (Å²) in [5.74, 6) is 1.08. The van der Waals surface area contributed by atoms with Crippen LogP contribution in [0.4, 0.5) is 0 Å². The Bertz CT molecular complexity index is 539. The van der Waals surface area contributed by atoms with Crippen LogP contribution in [-0.2, 0) is 9.05 Å². The molecule has 0 amide bonds. The van der Waals surface area contributed by atoms with Gasteiger partial charge in [0.05, 0.1) is 11.0 Å². The maximum absolute atomic E-state index is 11.3. The molecule has 2 rings (SSSR count). The molecule has 1 aromatic rings. The topological polar surface area (TPSA) is 43.4 Å². The normalized spacial score (nSPS) is 23.3. The molecule has 0 bridgehead atoms. The fourth-order valence-electron chi connectivity index (χ4n) is 2.42. The first-order valence-corrected chi connectivity index (χ1v) is 8.48. The highest BCUT2D eigenvalue weighted by molar-refractivity contribution is 8.13. The van der Waals surface area contributed by atoms with Crippen molar-refractivity contribution in [1.29, 1.82) is 0 Å². The highest BCUT2D eigenvalue weighted by atomic mass is 35.7. The Morgan fingerprint density at radius 1 is 1.44 bits per heavy atom. The lowest BCUT2D eigenvalue weighted by atomic mass is 9.90. The Kier molecular flexibility index (Phi) is 3.87. The molecule has 2 atom stereocenters. The van der Waals surface area contributed by atoms with E-state index in [2.05, 4.69) is 13.8 Å². The largest absolute Gasteiger partial charge is 0.490 e. The molecule has 0 radical (unpaired) electrons. The molecule has 5 heteroatoms. The van der Waals surface area contributed by atoms with Gasteiger partial charge in [0.1, 0.15) is 5.75 Å². The average molecular weight is 289 g/mol. The summed E-state index contributed by atoms with van der Waals surface area (Å²) < 4.78 is 28.5. The third-order valence-electron chi connectivity index (χ3n) is 3.31. The van der Waals surface area contributed by atoms with Gasteiger partial charge in [-0.15, -0.1) is 0 Å². The summed E-state index contributed by atoms with van der Waals surface area (Å²) in [4.78, 5) is 0.146. The van der Waals surface area contributed by atoms with Crippen LogP contribution in [0.2, 0.25) is 0 Å². The summed E-state index contributed by atoms with van der Waals surface area (Å²) in [5.41, 5.74) is 0.934. The molecular formula is C13H17ClO3S. The minimum Gasteiger partial charge on any atom is -0.490 e. The van der Waals surface area contributed by atoms with Crippen LogP contribution in [0.25, 0.3) is 0 Å². The van der Waals surface area contributed by atoms with E-state index in [9.17, 15) is 8.42 Å². The van der Waals surface area contributed by atoms with Crippen LogP contribution in [-0.4, -0.2) is 14.5 Å². The fourth-order valence-corrected chi connectivity index (χ4v) is 3.20. The Morgan fingerprint density at radius 3 is 2.78 bits per heavy atom. The Morgan fingerprint density at radius 2 is 2.17 bits per heavy atom. The zero-order chi connectivity index (χ0) is 13.3. The van der Waals surface area contributed by atoms with E-state index in [1.54, 1.807) is 12.1 Å². The van der Waals surface area contributed by atoms with E-state index in [0.29, 0.717) is 5.92 Å². The van der Waals surface area contributed by atoms with Crippen LogP contribution in [0, 0.1) is 0 Å². The zero-order valence-electron chi connectivity index (χ0n) is 10.5. The van der Waals surface area contributed by atoms with Crippen molar-refractivity contribution < 1.29 is 13.2 Å². The minimum atomic E-state index is -3.67. The molecule has 2 unspecified atom stereocenters. The van der Waals surface area contributed by atoms with E-state index < -0.39 is 9.05 Å². The van der Waals surface area contributed by atoms with Gasteiger partial charge in [-0.05, 0) is 42.5 Å². The zero-order valence-corrected chi connectivity index (χ0v) is 12.1. The summed E-state index contributed by atoms with van der Waals surface area (Å²) in [7, 11) is 1.69. The van der Waals surface area contributed by atoms with Crippen LogP contribution in [0.1, 0.15) is 44.6 Å². The highest BCUT2D eigenvalue weighted by Gasteiger charge is 2.26. The molecule has 1 heterocycles. The van der Waals surface area contributed by atoms with Crippen molar-refractivity contribution in [3.63, 3.8) is 0 Å². The first kappa shape index (κ1) is 13.7. The Hall–Kier alpha value is -0.740. The van der Waals surface area contributed by atoms with Gasteiger partial charge in [-0.3, -0.25) is 0 Å². The molecule has 1 aromatic carbocycles. The molecule has 1 aliphatic rings. The van der Waals surface area contributed by atoms with Crippen LogP contribution in [0.3, 0.4) is 0 Å². The Balaban J connectivity index is 2.35. The second-order valence-electron chi connectivity index (χ2n) is 4.80. The van der Waals surface area contributed by atoms with E-state index in [-0.39, 0.29) is 11.0 Å². The van der Waals surface area contributed by atoms with Gasteiger partial charge in [0.2, 0.25) is 0 Å². The number of halogens is 1. The molecule has 0 N–H and O–H groups in total. The van der Waals surface area contributed by atoms with Crippen LogP contribution < -0.4 is 4.74 Å². The molecule has 0 fully saturated rings. The van der Waals surface area contributed by atoms with Crippen molar-refractivity contribution in [3.8, 4) is 5.75 Å². The molecule has 0 saturated heterocycles. The van der Waals surface area contributed by atoms with Gasteiger partial charge in [-0.2, -0.15) is 0 Å². The minimum absolute atomic E-state index is 0.146. The molecule has 0 saturated carbocycles. The summed E-state index contributed by atoms with van der Waals surface area (Å²) in [6.45, 7) is 4.22. The van der Waals surface area contributed by atoms with Crippen molar-refractivity contribution in [1.82, 2.24) is 0 Å². The number of benzene rings is 1. The van der Waals surface area contributed by atoms with Gasteiger partial charge in [-0.1, -0.05) is 20.3 Å². The molecule has 0 spiro atoms. The molecule has 3 nitrogen and oxygen atoms in total. The smallest absolute Gasteiger partial charge is 0.261 e. The SMILES string of the molecule is CCCC1CC(C)c2cc(S(=O)(=O)Cl)ccc2O1. The molecule has 0 aliphatic carbocycles. The van der Waals surface area contributed by atoms with Gasteiger partial charge in [0, 0.05) is 10.7 Å². The van der Waals surface area contributed by atoms with Crippen LogP contribution >= 0.6 is 10.7 Å². The summed E-state index contributed by atoms with van der Waals surface area (Å²) in [6, 6.07) is 4.84. The number of fused-ring (bicyclic) bond motifs is 1. The predicted molar refractivity (Wildman–Crippen MR) is 71.8 cm³/mol. The predicted octanol–water partition coefficient (Wildman–Crippen LogP) is 3.67. The summed E-state index contributed by atoms with van der Waals surface area (Å²) >= 11 is 0. The lowest BCUT2D eigenvalue weighted by Gasteiger charge is -2.30. The monoisotopic (exact) mass is 288 g/mol. The lowest BCUT2D eigenvalue weighted by Crippen LogP contribution is -2.24. The molecular weight excluding hydrogens is 272 g/mol. The molecule has 100 valence electrons. The maximum atomic E-state index is 11.3.